The molecule has 0 spiro atoms. The molecule has 0 N–H and O–H groups in total. The zero-order chi connectivity index (χ0) is 21.0. The van der Waals surface area contributed by atoms with E-state index in [0.29, 0.717) is 0 Å². The van der Waals surface area contributed by atoms with Gasteiger partial charge in [0.1, 0.15) is 5.58 Å². The number of furan rings is 1. The van der Waals surface area contributed by atoms with Crippen LogP contribution in [0.3, 0.4) is 0 Å². The third-order valence-electron chi connectivity index (χ3n) is 5.96. The Labute approximate surface area is 181 Å². The molecule has 2 aromatic heterocycles. The molecular weight excluding hydrogens is 384 g/mol. The molecular formula is C27H24N2O2. The predicted octanol–water partition coefficient (Wildman–Crippen LogP) is 5.93. The minimum absolute atomic E-state index is 0.128. The first kappa shape index (κ1) is 19.3. The number of para-hydroxylation sites is 1. The molecule has 0 amide bonds. The summed E-state index contributed by atoms with van der Waals surface area (Å²) in [7, 11) is 0. The number of ketones is 1. The highest BCUT2D eigenvalue weighted by Gasteiger charge is 2.25. The summed E-state index contributed by atoms with van der Waals surface area (Å²) >= 11 is 0. The molecule has 31 heavy (non-hydrogen) atoms. The molecule has 1 atom stereocenters. The van der Waals surface area contributed by atoms with Crippen LogP contribution >= 0.6 is 0 Å². The van der Waals surface area contributed by atoms with Gasteiger partial charge in [0.05, 0.1) is 17.9 Å². The van der Waals surface area contributed by atoms with Gasteiger partial charge in [-0.2, -0.15) is 0 Å². The van der Waals surface area contributed by atoms with Crippen molar-refractivity contribution in [2.45, 2.75) is 18.8 Å². The third-order valence-corrected chi connectivity index (χ3v) is 5.96. The maximum Gasteiger partial charge on any atom is 0.171 e. The number of hydrogen-bond donors (Lipinski definition) is 0. The molecule has 4 aromatic rings. The maximum absolute atomic E-state index is 13.3. The summed E-state index contributed by atoms with van der Waals surface area (Å²) in [6.45, 7) is 1.75. The van der Waals surface area contributed by atoms with Crippen molar-refractivity contribution in [1.82, 2.24) is 9.88 Å². The van der Waals surface area contributed by atoms with Gasteiger partial charge in [-0.15, -0.1) is 0 Å². The van der Waals surface area contributed by atoms with E-state index in [0.717, 1.165) is 53.7 Å². The standard InChI is InChI=1S/C27H24N2O2/c30-26(20-7-2-1-3-8-20)24(25-11-4-5-15-28-25)13-17-29-16-12-22(19-29)23-10-6-9-21-14-18-31-27(21)23/h1-11,14-15,18-19,24H,12-13,16-17H2. The van der Waals surface area contributed by atoms with Crippen molar-refractivity contribution in [2.75, 3.05) is 13.1 Å². The average Bonchev–Trinajstić information content (AvgIpc) is 3.50. The smallest absolute Gasteiger partial charge is 0.171 e. The Morgan fingerprint density at radius 2 is 1.87 bits per heavy atom. The average molecular weight is 409 g/mol. The summed E-state index contributed by atoms with van der Waals surface area (Å²) in [5, 5.41) is 1.13. The molecule has 3 heterocycles. The van der Waals surface area contributed by atoms with Gasteiger partial charge in [0.2, 0.25) is 0 Å². The number of nitrogens with zero attached hydrogens (tertiary/aromatic N) is 2. The fourth-order valence-electron chi connectivity index (χ4n) is 4.33. The lowest BCUT2D eigenvalue weighted by Gasteiger charge is -2.20. The van der Waals surface area contributed by atoms with Gasteiger partial charge < -0.3 is 9.32 Å². The van der Waals surface area contributed by atoms with E-state index in [1.165, 1.54) is 5.57 Å². The SMILES string of the molecule is O=C(c1ccccc1)C(CCN1C=C(c2cccc3ccoc23)CC1)c1ccccn1. The molecule has 0 aliphatic carbocycles. The van der Waals surface area contributed by atoms with Crippen molar-refractivity contribution in [3.63, 3.8) is 0 Å². The molecule has 154 valence electrons. The van der Waals surface area contributed by atoms with E-state index in [9.17, 15) is 4.79 Å². The van der Waals surface area contributed by atoms with Crippen LogP contribution in [-0.2, 0) is 0 Å². The zero-order valence-corrected chi connectivity index (χ0v) is 17.3. The summed E-state index contributed by atoms with van der Waals surface area (Å²) < 4.78 is 5.72. The molecule has 0 radical (unpaired) electrons. The Kier molecular flexibility index (Phi) is 5.36. The lowest BCUT2D eigenvalue weighted by molar-refractivity contribution is 0.0949. The zero-order valence-electron chi connectivity index (χ0n) is 17.3. The van der Waals surface area contributed by atoms with Crippen LogP contribution in [0.1, 0.15) is 40.4 Å². The van der Waals surface area contributed by atoms with Gasteiger partial charge in [0, 0.05) is 42.0 Å². The molecule has 1 aliphatic rings. The number of hydrogen-bond acceptors (Lipinski definition) is 4. The Hall–Kier alpha value is -3.66. The van der Waals surface area contributed by atoms with E-state index in [4.69, 9.17) is 4.42 Å². The molecule has 1 aliphatic heterocycles. The van der Waals surface area contributed by atoms with Crippen LogP contribution in [0, 0.1) is 0 Å². The monoisotopic (exact) mass is 408 g/mol. The normalized spacial score (nSPS) is 14.6. The number of rotatable bonds is 7. The molecule has 4 nitrogen and oxygen atoms in total. The molecule has 0 saturated carbocycles. The number of pyridine rings is 1. The van der Waals surface area contributed by atoms with Crippen molar-refractivity contribution in [3.8, 4) is 0 Å². The van der Waals surface area contributed by atoms with E-state index >= 15 is 0 Å². The fourth-order valence-corrected chi connectivity index (χ4v) is 4.33. The highest BCUT2D eigenvalue weighted by molar-refractivity contribution is 6.00. The Morgan fingerprint density at radius 1 is 1.00 bits per heavy atom. The largest absolute Gasteiger partial charge is 0.464 e. The Morgan fingerprint density at radius 3 is 2.71 bits per heavy atom. The van der Waals surface area contributed by atoms with Gasteiger partial charge in [-0.3, -0.25) is 9.78 Å². The number of carbonyl (C=O) groups excluding carboxylic acids is 1. The predicted molar refractivity (Wildman–Crippen MR) is 123 cm³/mol. The van der Waals surface area contributed by atoms with E-state index in [-0.39, 0.29) is 11.7 Å². The Bertz CT molecular complexity index is 1210. The summed E-state index contributed by atoms with van der Waals surface area (Å²) in [5.41, 5.74) is 4.96. The van der Waals surface area contributed by atoms with Gasteiger partial charge in [-0.25, -0.2) is 0 Å². The van der Waals surface area contributed by atoms with Gasteiger partial charge in [-0.1, -0.05) is 54.6 Å². The van der Waals surface area contributed by atoms with Crippen LogP contribution in [0.5, 0.6) is 0 Å². The summed E-state index contributed by atoms with van der Waals surface area (Å²) in [6, 6.07) is 23.6. The van der Waals surface area contributed by atoms with Crippen LogP contribution in [0.25, 0.3) is 16.5 Å². The number of benzene rings is 2. The highest BCUT2D eigenvalue weighted by Crippen LogP contribution is 2.32. The van der Waals surface area contributed by atoms with E-state index in [2.05, 4.69) is 34.3 Å². The minimum atomic E-state index is -0.255. The van der Waals surface area contributed by atoms with Crippen LogP contribution < -0.4 is 0 Å². The van der Waals surface area contributed by atoms with Crippen molar-refractivity contribution < 1.29 is 9.21 Å². The third kappa shape index (κ3) is 4.02. The molecule has 0 fully saturated rings. The summed E-state index contributed by atoms with van der Waals surface area (Å²) in [6.07, 6.45) is 7.42. The second-order valence-electron chi connectivity index (χ2n) is 7.91. The van der Waals surface area contributed by atoms with Crippen molar-refractivity contribution in [2.24, 2.45) is 0 Å². The topological polar surface area (TPSA) is 46.3 Å². The van der Waals surface area contributed by atoms with E-state index in [1.807, 2.05) is 54.6 Å². The van der Waals surface area contributed by atoms with Crippen molar-refractivity contribution >= 4 is 22.3 Å². The fraction of sp³-hybridized carbons (Fsp3) is 0.185. The van der Waals surface area contributed by atoms with Crippen molar-refractivity contribution in [1.29, 1.82) is 0 Å². The molecule has 0 bridgehead atoms. The van der Waals surface area contributed by atoms with Crippen LogP contribution in [-0.4, -0.2) is 28.8 Å². The van der Waals surface area contributed by atoms with Gasteiger partial charge in [0.25, 0.3) is 0 Å². The molecule has 1 unspecified atom stereocenters. The molecule has 2 aromatic carbocycles. The Balaban J connectivity index is 1.35. The van der Waals surface area contributed by atoms with Crippen LogP contribution in [0.2, 0.25) is 0 Å². The van der Waals surface area contributed by atoms with E-state index in [1.54, 1.807) is 12.5 Å². The molecule has 0 saturated heterocycles. The second-order valence-corrected chi connectivity index (χ2v) is 7.91. The summed E-state index contributed by atoms with van der Waals surface area (Å²) in [4.78, 5) is 20.1. The number of Topliss-reactive ketones (excluding diaryl/α,β-unsaturated/α-hetero) is 1. The maximum atomic E-state index is 13.3. The van der Waals surface area contributed by atoms with Gasteiger partial charge in [0.15, 0.2) is 5.78 Å². The second kappa shape index (κ2) is 8.60. The minimum Gasteiger partial charge on any atom is -0.464 e. The highest BCUT2D eigenvalue weighted by atomic mass is 16.3. The van der Waals surface area contributed by atoms with E-state index < -0.39 is 0 Å². The lowest BCUT2D eigenvalue weighted by atomic mass is 9.91. The number of carbonyl (C=O) groups is 1. The first-order chi connectivity index (χ1) is 15.3. The number of aromatic nitrogens is 1. The van der Waals surface area contributed by atoms with Crippen molar-refractivity contribution in [3.05, 3.63) is 108 Å². The number of fused-ring (bicyclic) bond motifs is 1. The van der Waals surface area contributed by atoms with Gasteiger partial charge in [-0.05, 0) is 36.6 Å². The first-order valence-corrected chi connectivity index (χ1v) is 10.7. The van der Waals surface area contributed by atoms with Gasteiger partial charge >= 0.3 is 0 Å². The summed E-state index contributed by atoms with van der Waals surface area (Å²) in [5.74, 6) is -0.127. The van der Waals surface area contributed by atoms with Crippen LogP contribution in [0.15, 0.2) is 95.9 Å². The first-order valence-electron chi connectivity index (χ1n) is 10.7. The molecule has 5 rings (SSSR count). The quantitative estimate of drug-likeness (QED) is 0.356. The molecule has 4 heteroatoms. The van der Waals surface area contributed by atoms with Crippen LogP contribution in [0.4, 0.5) is 0 Å². The lowest BCUT2D eigenvalue weighted by Crippen LogP contribution is -2.22.